The summed E-state index contributed by atoms with van der Waals surface area (Å²) in [5, 5.41) is 0. The summed E-state index contributed by atoms with van der Waals surface area (Å²) in [7, 11) is 0. The highest BCUT2D eigenvalue weighted by Gasteiger charge is 2.32. The minimum atomic E-state index is -4.10. The molecule has 5 heteroatoms. The summed E-state index contributed by atoms with van der Waals surface area (Å²) < 4.78 is 36.3. The van der Waals surface area contributed by atoms with Crippen LogP contribution in [-0.4, -0.2) is 17.8 Å². The van der Waals surface area contributed by atoms with Crippen molar-refractivity contribution in [3.8, 4) is 0 Å². The van der Waals surface area contributed by atoms with Crippen LogP contribution in [0.3, 0.4) is 0 Å². The Morgan fingerprint density at radius 1 is 1.00 bits per heavy atom. The van der Waals surface area contributed by atoms with Gasteiger partial charge in [0, 0.05) is 5.75 Å². The van der Waals surface area contributed by atoms with Gasteiger partial charge >= 0.3 is 5.51 Å². The van der Waals surface area contributed by atoms with Crippen molar-refractivity contribution in [2.45, 2.75) is 56.9 Å². The van der Waals surface area contributed by atoms with Crippen molar-refractivity contribution >= 4 is 11.8 Å². The first-order valence-corrected chi connectivity index (χ1v) is 7.37. The molecule has 0 atom stereocenters. The minimum absolute atomic E-state index is 0.0291. The fourth-order valence-corrected chi connectivity index (χ4v) is 3.36. The second kappa shape index (κ2) is 6.88. The molecule has 0 aromatic heterocycles. The predicted molar refractivity (Wildman–Crippen MR) is 66.9 cm³/mol. The maximum Gasteiger partial charge on any atom is 0.441 e. The van der Waals surface area contributed by atoms with Gasteiger partial charge in [-0.1, -0.05) is 43.9 Å². The van der Waals surface area contributed by atoms with E-state index in [4.69, 9.17) is 5.73 Å². The van der Waals surface area contributed by atoms with E-state index in [-0.39, 0.29) is 22.9 Å². The summed E-state index contributed by atoms with van der Waals surface area (Å²) in [5.41, 5.74) is 1.69. The molecule has 2 N–H and O–H groups in total. The zero-order valence-electron chi connectivity index (χ0n) is 10.2. The molecule has 0 aliphatic heterocycles. The van der Waals surface area contributed by atoms with Crippen LogP contribution in [-0.2, 0) is 0 Å². The van der Waals surface area contributed by atoms with Crippen molar-refractivity contribution in [1.82, 2.24) is 0 Å². The molecular formula is C12H22F3NS. The summed E-state index contributed by atoms with van der Waals surface area (Å²) in [6.45, 7) is 0.533. The summed E-state index contributed by atoms with van der Waals surface area (Å²) in [5.74, 6) is 0.153. The Bertz CT molecular complexity index is 210. The average molecular weight is 269 g/mol. The third-order valence-corrected chi connectivity index (χ3v) is 4.48. The molecular weight excluding hydrogens is 247 g/mol. The van der Waals surface area contributed by atoms with Gasteiger partial charge in [0.1, 0.15) is 0 Å². The quantitative estimate of drug-likeness (QED) is 0.822. The van der Waals surface area contributed by atoms with Gasteiger partial charge in [0.05, 0.1) is 0 Å². The fraction of sp³-hybridized carbons (Fsp3) is 1.00. The minimum Gasteiger partial charge on any atom is -0.330 e. The molecule has 0 radical (unpaired) electrons. The predicted octanol–water partition coefficient (Wildman–Crippen LogP) is 4.32. The molecule has 102 valence electrons. The molecule has 0 aromatic carbocycles. The first-order valence-electron chi connectivity index (χ1n) is 6.38. The van der Waals surface area contributed by atoms with E-state index in [9.17, 15) is 13.2 Å². The van der Waals surface area contributed by atoms with Crippen molar-refractivity contribution < 1.29 is 13.2 Å². The monoisotopic (exact) mass is 269 g/mol. The van der Waals surface area contributed by atoms with Crippen LogP contribution in [0.5, 0.6) is 0 Å². The lowest BCUT2D eigenvalue weighted by atomic mass is 9.74. The Kier molecular flexibility index (Phi) is 6.13. The Labute approximate surface area is 106 Å². The lowest BCUT2D eigenvalue weighted by Crippen LogP contribution is -2.32. The number of hydrogen-bond donors (Lipinski definition) is 1. The molecule has 1 aliphatic rings. The molecule has 0 unspecified atom stereocenters. The highest BCUT2D eigenvalue weighted by atomic mass is 32.2. The van der Waals surface area contributed by atoms with Gasteiger partial charge in [-0.3, -0.25) is 0 Å². The van der Waals surface area contributed by atoms with Crippen molar-refractivity contribution in [3.05, 3.63) is 0 Å². The number of hydrogen-bond acceptors (Lipinski definition) is 2. The van der Waals surface area contributed by atoms with Gasteiger partial charge in [-0.2, -0.15) is 13.2 Å². The van der Waals surface area contributed by atoms with Gasteiger partial charge in [-0.15, -0.1) is 0 Å². The summed E-state index contributed by atoms with van der Waals surface area (Å²) in [6, 6.07) is 0. The van der Waals surface area contributed by atoms with Gasteiger partial charge in [0.25, 0.3) is 0 Å². The van der Waals surface area contributed by atoms with Crippen LogP contribution in [0.4, 0.5) is 13.2 Å². The van der Waals surface area contributed by atoms with Crippen LogP contribution in [0.15, 0.2) is 0 Å². The second-order valence-electron chi connectivity index (χ2n) is 5.02. The molecule has 0 amide bonds. The van der Waals surface area contributed by atoms with Crippen LogP contribution in [0.25, 0.3) is 0 Å². The zero-order valence-corrected chi connectivity index (χ0v) is 11.0. The number of rotatable bonds is 4. The smallest absolute Gasteiger partial charge is 0.330 e. The SMILES string of the molecule is NCC1(CCSC(F)(F)F)CCCCCCC1. The van der Waals surface area contributed by atoms with E-state index < -0.39 is 5.51 Å². The summed E-state index contributed by atoms with van der Waals surface area (Å²) in [4.78, 5) is 0. The Hall–Kier alpha value is 0.100. The van der Waals surface area contributed by atoms with Crippen molar-refractivity contribution in [3.63, 3.8) is 0 Å². The number of nitrogens with two attached hydrogens (primary N) is 1. The maximum atomic E-state index is 12.1. The second-order valence-corrected chi connectivity index (χ2v) is 6.18. The average Bonchev–Trinajstić information content (AvgIpc) is 2.20. The fourth-order valence-electron chi connectivity index (χ4n) is 2.59. The third-order valence-electron chi connectivity index (χ3n) is 3.75. The third kappa shape index (κ3) is 6.00. The van der Waals surface area contributed by atoms with E-state index in [1.165, 1.54) is 19.3 Å². The maximum absolute atomic E-state index is 12.1. The van der Waals surface area contributed by atoms with Gasteiger partial charge in [0.2, 0.25) is 0 Å². The first kappa shape index (κ1) is 15.2. The zero-order chi connectivity index (χ0) is 12.8. The topological polar surface area (TPSA) is 26.0 Å². The van der Waals surface area contributed by atoms with E-state index in [0.717, 1.165) is 25.7 Å². The first-order chi connectivity index (χ1) is 7.97. The molecule has 1 rings (SSSR count). The largest absolute Gasteiger partial charge is 0.441 e. The Morgan fingerprint density at radius 2 is 1.53 bits per heavy atom. The van der Waals surface area contributed by atoms with Gasteiger partial charge in [0.15, 0.2) is 0 Å². The molecule has 17 heavy (non-hydrogen) atoms. The van der Waals surface area contributed by atoms with Gasteiger partial charge < -0.3 is 5.73 Å². The highest BCUT2D eigenvalue weighted by Crippen LogP contribution is 2.39. The lowest BCUT2D eigenvalue weighted by molar-refractivity contribution is -0.0329. The molecule has 0 bridgehead atoms. The summed E-state index contributed by atoms with van der Waals surface area (Å²) >= 11 is 0.0976. The van der Waals surface area contributed by atoms with E-state index in [2.05, 4.69) is 0 Å². The normalized spacial score (nSPS) is 21.9. The standard InChI is InChI=1S/C12H22F3NS/c13-12(14,15)17-9-8-11(10-16)6-4-2-1-3-5-7-11/h1-10,16H2. The van der Waals surface area contributed by atoms with E-state index in [1.54, 1.807) is 0 Å². The van der Waals surface area contributed by atoms with Crippen LogP contribution in [0.2, 0.25) is 0 Å². The summed E-state index contributed by atoms with van der Waals surface area (Å²) in [6.07, 6.45) is 8.51. The molecule has 0 heterocycles. The van der Waals surface area contributed by atoms with Crippen molar-refractivity contribution in [2.75, 3.05) is 12.3 Å². The molecule has 0 saturated heterocycles. The van der Waals surface area contributed by atoms with E-state index in [0.29, 0.717) is 13.0 Å². The molecule has 1 saturated carbocycles. The molecule has 0 spiro atoms. The molecule has 0 aromatic rings. The Morgan fingerprint density at radius 3 is 2.00 bits per heavy atom. The van der Waals surface area contributed by atoms with Crippen LogP contribution >= 0.6 is 11.8 Å². The number of alkyl halides is 3. The van der Waals surface area contributed by atoms with Crippen LogP contribution < -0.4 is 5.73 Å². The van der Waals surface area contributed by atoms with E-state index in [1.807, 2.05) is 0 Å². The van der Waals surface area contributed by atoms with Crippen molar-refractivity contribution in [2.24, 2.45) is 11.1 Å². The van der Waals surface area contributed by atoms with Crippen molar-refractivity contribution in [1.29, 1.82) is 0 Å². The lowest BCUT2D eigenvalue weighted by Gasteiger charge is -2.34. The van der Waals surface area contributed by atoms with Crippen LogP contribution in [0, 0.1) is 5.41 Å². The molecule has 1 fully saturated rings. The highest BCUT2D eigenvalue weighted by molar-refractivity contribution is 8.00. The van der Waals surface area contributed by atoms with Gasteiger partial charge in [-0.05, 0) is 31.2 Å². The van der Waals surface area contributed by atoms with E-state index >= 15 is 0 Å². The molecule has 1 aliphatic carbocycles. The molecule has 1 nitrogen and oxygen atoms in total. The van der Waals surface area contributed by atoms with Crippen LogP contribution in [0.1, 0.15) is 51.4 Å². The number of halogens is 3. The number of thioether (sulfide) groups is 1. The Balaban J connectivity index is 2.42. The van der Waals surface area contributed by atoms with Gasteiger partial charge in [-0.25, -0.2) is 0 Å².